The number of nitrogens with zero attached hydrogens (tertiary/aromatic N) is 5. The molecule has 7 heteroatoms. The zero-order valence-corrected chi connectivity index (χ0v) is 18.6. The minimum absolute atomic E-state index is 0.101. The molecule has 2 aliphatic heterocycles. The molecule has 1 amide bonds. The summed E-state index contributed by atoms with van der Waals surface area (Å²) in [5.74, 6) is 3.30. The van der Waals surface area contributed by atoms with E-state index in [4.69, 9.17) is 4.74 Å². The molecule has 0 unspecified atom stereocenters. The highest BCUT2D eigenvalue weighted by molar-refractivity contribution is 5.73. The van der Waals surface area contributed by atoms with Crippen molar-refractivity contribution in [3.63, 3.8) is 0 Å². The molecule has 2 aromatic rings. The van der Waals surface area contributed by atoms with Crippen LogP contribution in [0.15, 0.2) is 36.8 Å². The number of likely N-dealkylation sites (tertiary alicyclic amines) is 2. The lowest BCUT2D eigenvalue weighted by Crippen LogP contribution is -2.45. The van der Waals surface area contributed by atoms with E-state index in [9.17, 15) is 4.79 Å². The molecule has 2 aromatic heterocycles. The lowest BCUT2D eigenvalue weighted by Gasteiger charge is -2.38. The molecule has 2 saturated heterocycles. The van der Waals surface area contributed by atoms with Crippen molar-refractivity contribution in [3.8, 4) is 5.88 Å². The summed E-state index contributed by atoms with van der Waals surface area (Å²) in [5.41, 5.74) is 0. The maximum absolute atomic E-state index is 11.7. The number of aryl methyl sites for hydroxylation is 1. The fourth-order valence-electron chi connectivity index (χ4n) is 6.00. The maximum Gasteiger partial charge on any atom is 0.219 e. The summed E-state index contributed by atoms with van der Waals surface area (Å²) in [6.45, 7) is 7.86. The van der Waals surface area contributed by atoms with Crippen LogP contribution in [0.1, 0.15) is 44.5 Å². The van der Waals surface area contributed by atoms with Crippen LogP contribution in [0.4, 0.5) is 0 Å². The van der Waals surface area contributed by atoms with Crippen LogP contribution < -0.4 is 4.74 Å². The number of imidazole rings is 1. The molecule has 0 aromatic carbocycles. The summed E-state index contributed by atoms with van der Waals surface area (Å²) in [6, 6.07) is 6.74. The van der Waals surface area contributed by atoms with E-state index in [1.165, 1.54) is 0 Å². The van der Waals surface area contributed by atoms with Gasteiger partial charge in [-0.1, -0.05) is 6.07 Å². The standard InChI is InChI=1S/C24H33N5O2/c1-17-25-9-12-29(17)22-13-19-15-28(21-6-10-27(11-7-21)18(2)30)16-20(19)14-23(22)31-24-5-3-4-8-26-24/h3-5,8-9,12,19-23H,6-7,10-11,13-16H2,1-2H3/t19-,20+,22-,23-/m0/s1. The Labute approximate surface area is 184 Å². The Morgan fingerprint density at radius 1 is 1.06 bits per heavy atom. The molecule has 5 rings (SSSR count). The molecule has 4 atom stereocenters. The first-order valence-electron chi connectivity index (χ1n) is 11.6. The van der Waals surface area contributed by atoms with Crippen LogP contribution in [0.2, 0.25) is 0 Å². The summed E-state index contributed by atoms with van der Waals surface area (Å²) in [5, 5.41) is 0. The zero-order chi connectivity index (χ0) is 21.4. The van der Waals surface area contributed by atoms with E-state index in [0.717, 1.165) is 57.7 Å². The minimum atomic E-state index is 0.101. The van der Waals surface area contributed by atoms with E-state index in [-0.39, 0.29) is 18.1 Å². The maximum atomic E-state index is 11.7. The van der Waals surface area contributed by atoms with Crippen LogP contribution in [-0.2, 0) is 4.79 Å². The zero-order valence-electron chi connectivity index (χ0n) is 18.6. The smallest absolute Gasteiger partial charge is 0.219 e. The van der Waals surface area contributed by atoms with Crippen LogP contribution in [0.25, 0.3) is 0 Å². The lowest BCUT2D eigenvalue weighted by molar-refractivity contribution is -0.130. The fraction of sp³-hybridized carbons (Fsp3) is 0.625. The fourth-order valence-corrected chi connectivity index (χ4v) is 6.00. The number of amides is 1. The predicted octanol–water partition coefficient (Wildman–Crippen LogP) is 2.93. The third-order valence-electron chi connectivity index (χ3n) is 7.67. The highest BCUT2D eigenvalue weighted by atomic mass is 16.5. The molecule has 166 valence electrons. The average molecular weight is 424 g/mol. The van der Waals surface area contributed by atoms with Gasteiger partial charge < -0.3 is 14.2 Å². The van der Waals surface area contributed by atoms with Crippen molar-refractivity contribution in [2.45, 2.75) is 57.7 Å². The van der Waals surface area contributed by atoms with Gasteiger partial charge >= 0.3 is 0 Å². The van der Waals surface area contributed by atoms with Gasteiger partial charge in [-0.15, -0.1) is 0 Å². The normalized spacial score (nSPS) is 29.7. The number of hydrogen-bond acceptors (Lipinski definition) is 5. The Morgan fingerprint density at radius 3 is 2.48 bits per heavy atom. The van der Waals surface area contributed by atoms with Gasteiger partial charge in [0.25, 0.3) is 0 Å². The largest absolute Gasteiger partial charge is 0.472 e. The van der Waals surface area contributed by atoms with Crippen molar-refractivity contribution < 1.29 is 9.53 Å². The predicted molar refractivity (Wildman–Crippen MR) is 118 cm³/mol. The number of rotatable bonds is 4. The van der Waals surface area contributed by atoms with E-state index in [1.54, 1.807) is 13.1 Å². The van der Waals surface area contributed by atoms with Gasteiger partial charge in [0.2, 0.25) is 11.8 Å². The Hall–Kier alpha value is -2.41. The van der Waals surface area contributed by atoms with Crippen LogP contribution in [0.3, 0.4) is 0 Å². The van der Waals surface area contributed by atoms with Gasteiger partial charge in [0.1, 0.15) is 11.9 Å². The number of ether oxygens (including phenoxy) is 1. The van der Waals surface area contributed by atoms with Crippen LogP contribution in [0, 0.1) is 18.8 Å². The second-order valence-electron chi connectivity index (χ2n) is 9.46. The number of aromatic nitrogens is 3. The SMILES string of the molecule is CC(=O)N1CCC(N2C[C@H]3C[C@H](Oc4ccccn4)[C@@H](n4ccnc4C)C[C@H]3C2)CC1. The molecule has 0 bridgehead atoms. The Bertz CT molecular complexity index is 892. The van der Waals surface area contributed by atoms with Crippen molar-refractivity contribution in [1.82, 2.24) is 24.3 Å². The molecule has 4 heterocycles. The van der Waals surface area contributed by atoms with Crippen molar-refractivity contribution in [1.29, 1.82) is 0 Å². The van der Waals surface area contributed by atoms with E-state index < -0.39 is 0 Å². The molecule has 3 fully saturated rings. The van der Waals surface area contributed by atoms with Gasteiger partial charge in [0, 0.05) is 63.8 Å². The number of piperidine rings is 1. The summed E-state index contributed by atoms with van der Waals surface area (Å²) < 4.78 is 8.76. The van der Waals surface area contributed by atoms with Gasteiger partial charge in [0.15, 0.2) is 0 Å². The van der Waals surface area contributed by atoms with Crippen LogP contribution in [0.5, 0.6) is 5.88 Å². The quantitative estimate of drug-likeness (QED) is 0.757. The number of carbonyl (C=O) groups excluding carboxylic acids is 1. The van der Waals surface area contributed by atoms with Crippen LogP contribution >= 0.6 is 0 Å². The number of hydrogen-bond donors (Lipinski definition) is 0. The van der Waals surface area contributed by atoms with Crippen molar-refractivity contribution >= 4 is 5.91 Å². The van der Waals surface area contributed by atoms with E-state index in [1.807, 2.05) is 29.3 Å². The molecule has 3 aliphatic rings. The number of pyridine rings is 1. The topological polar surface area (TPSA) is 63.5 Å². The van der Waals surface area contributed by atoms with Crippen LogP contribution in [-0.4, -0.2) is 68.6 Å². The lowest BCUT2D eigenvalue weighted by atomic mass is 9.77. The van der Waals surface area contributed by atoms with Gasteiger partial charge in [-0.3, -0.25) is 9.69 Å². The molecule has 31 heavy (non-hydrogen) atoms. The molecule has 1 saturated carbocycles. The highest BCUT2D eigenvalue weighted by Gasteiger charge is 2.45. The third-order valence-corrected chi connectivity index (χ3v) is 7.67. The first-order valence-corrected chi connectivity index (χ1v) is 11.6. The summed E-state index contributed by atoms with van der Waals surface area (Å²) in [7, 11) is 0. The molecule has 7 nitrogen and oxygen atoms in total. The monoisotopic (exact) mass is 423 g/mol. The van der Waals surface area contributed by atoms with Gasteiger partial charge in [-0.25, -0.2) is 9.97 Å². The van der Waals surface area contributed by atoms with E-state index in [2.05, 4.69) is 32.6 Å². The summed E-state index contributed by atoms with van der Waals surface area (Å²) in [6.07, 6.45) is 10.2. The number of carbonyl (C=O) groups is 1. The highest BCUT2D eigenvalue weighted by Crippen LogP contribution is 2.44. The second kappa shape index (κ2) is 8.61. The van der Waals surface area contributed by atoms with Crippen molar-refractivity contribution in [2.75, 3.05) is 26.2 Å². The van der Waals surface area contributed by atoms with Gasteiger partial charge in [-0.05, 0) is 50.5 Å². The van der Waals surface area contributed by atoms with Crippen molar-refractivity contribution in [2.24, 2.45) is 11.8 Å². The summed E-state index contributed by atoms with van der Waals surface area (Å²) >= 11 is 0. The molecular weight excluding hydrogens is 390 g/mol. The van der Waals surface area contributed by atoms with Gasteiger partial charge in [0.05, 0.1) is 6.04 Å². The van der Waals surface area contributed by atoms with E-state index >= 15 is 0 Å². The Kier molecular flexibility index (Phi) is 5.69. The summed E-state index contributed by atoms with van der Waals surface area (Å²) in [4.78, 5) is 25.3. The third kappa shape index (κ3) is 4.20. The molecule has 0 radical (unpaired) electrons. The minimum Gasteiger partial charge on any atom is -0.472 e. The number of fused-ring (bicyclic) bond motifs is 1. The molecule has 1 aliphatic carbocycles. The van der Waals surface area contributed by atoms with Crippen molar-refractivity contribution in [3.05, 3.63) is 42.6 Å². The Balaban J connectivity index is 1.30. The first kappa shape index (κ1) is 20.5. The average Bonchev–Trinajstić information content (AvgIpc) is 3.39. The first-order chi connectivity index (χ1) is 15.1. The van der Waals surface area contributed by atoms with E-state index in [0.29, 0.717) is 23.8 Å². The molecule has 0 N–H and O–H groups in total. The Morgan fingerprint density at radius 2 is 1.84 bits per heavy atom. The van der Waals surface area contributed by atoms with Gasteiger partial charge in [-0.2, -0.15) is 0 Å². The molecule has 0 spiro atoms. The molecular formula is C24H33N5O2. The second-order valence-corrected chi connectivity index (χ2v) is 9.46.